The van der Waals surface area contributed by atoms with Crippen LogP contribution in [0.25, 0.3) is 22.1 Å². The van der Waals surface area contributed by atoms with E-state index in [0.717, 1.165) is 72.8 Å². The minimum atomic E-state index is -1.05. The number of ether oxygens (including phenoxy) is 3. The van der Waals surface area contributed by atoms with E-state index in [1.165, 1.54) is 6.07 Å². The summed E-state index contributed by atoms with van der Waals surface area (Å²) >= 11 is 6.40. The van der Waals surface area contributed by atoms with Crippen LogP contribution in [0.1, 0.15) is 59.5 Å². The molecular weight excluding hydrogens is 584 g/mol. The van der Waals surface area contributed by atoms with E-state index in [1.54, 1.807) is 12.3 Å². The maximum absolute atomic E-state index is 11.6. The van der Waals surface area contributed by atoms with Gasteiger partial charge in [-0.3, -0.25) is 4.90 Å². The second-order valence-corrected chi connectivity index (χ2v) is 12.3. The van der Waals surface area contributed by atoms with Gasteiger partial charge in [-0.25, -0.2) is 14.8 Å². The number of carboxylic acids is 1. The molecular formula is C33H31ClN4O6. The number of aromatic nitrogens is 3. The van der Waals surface area contributed by atoms with E-state index < -0.39 is 11.8 Å². The third kappa shape index (κ3) is 4.60. The predicted molar refractivity (Wildman–Crippen MR) is 162 cm³/mol. The molecule has 3 aliphatic heterocycles. The van der Waals surface area contributed by atoms with Gasteiger partial charge in [-0.2, -0.15) is 0 Å². The smallest absolute Gasteiger partial charge is 0.354 e. The van der Waals surface area contributed by atoms with Crippen molar-refractivity contribution in [2.45, 2.75) is 57.1 Å². The van der Waals surface area contributed by atoms with E-state index in [2.05, 4.69) is 16.0 Å². The molecule has 1 unspecified atom stereocenters. The quantitative estimate of drug-likeness (QED) is 0.224. The molecule has 0 spiro atoms. The Labute approximate surface area is 258 Å². The Morgan fingerprint density at radius 2 is 1.91 bits per heavy atom. The van der Waals surface area contributed by atoms with Gasteiger partial charge in [0.05, 0.1) is 36.0 Å². The van der Waals surface area contributed by atoms with Crippen molar-refractivity contribution in [1.29, 1.82) is 0 Å². The first kappa shape index (κ1) is 27.4. The summed E-state index contributed by atoms with van der Waals surface area (Å²) in [6.45, 7) is 5.69. The van der Waals surface area contributed by atoms with Crippen molar-refractivity contribution in [3.63, 3.8) is 0 Å². The topological polar surface area (TPSA) is 112 Å². The van der Waals surface area contributed by atoms with E-state index in [4.69, 9.17) is 35.2 Å². The lowest BCUT2D eigenvalue weighted by atomic mass is 9.88. The zero-order valence-corrected chi connectivity index (χ0v) is 24.9. The molecule has 2 fully saturated rings. The monoisotopic (exact) mass is 614 g/mol. The number of furan rings is 1. The molecule has 10 nitrogen and oxygen atoms in total. The van der Waals surface area contributed by atoms with Crippen LogP contribution in [-0.4, -0.2) is 56.3 Å². The molecule has 3 aliphatic rings. The van der Waals surface area contributed by atoms with Crippen LogP contribution in [0, 0.1) is 0 Å². The highest BCUT2D eigenvalue weighted by atomic mass is 35.5. The number of benzene rings is 2. The average Bonchev–Trinajstić information content (AvgIpc) is 3.71. The lowest BCUT2D eigenvalue weighted by Crippen LogP contribution is -2.35. The van der Waals surface area contributed by atoms with Crippen LogP contribution in [-0.2, 0) is 23.6 Å². The third-order valence-electron chi connectivity index (χ3n) is 9.13. The third-order valence-corrected chi connectivity index (χ3v) is 9.46. The number of pyridine rings is 1. The summed E-state index contributed by atoms with van der Waals surface area (Å²) < 4.78 is 26.6. The predicted octanol–water partition coefficient (Wildman–Crippen LogP) is 6.34. The first-order chi connectivity index (χ1) is 21.4. The number of rotatable bonds is 7. The van der Waals surface area contributed by atoms with Crippen molar-refractivity contribution in [3.05, 3.63) is 82.5 Å². The summed E-state index contributed by atoms with van der Waals surface area (Å²) in [6.07, 6.45) is 4.60. The molecule has 0 saturated carbocycles. The number of nitrogens with zero attached hydrogens (tertiary/aromatic N) is 4. The molecule has 11 heteroatoms. The number of halogens is 1. The fourth-order valence-electron chi connectivity index (χ4n) is 6.68. The van der Waals surface area contributed by atoms with Gasteiger partial charge in [0.15, 0.2) is 22.8 Å². The van der Waals surface area contributed by atoms with Crippen LogP contribution in [0.2, 0.25) is 5.02 Å². The number of likely N-dealkylation sites (tertiary alicyclic amines) is 1. The Morgan fingerprint density at radius 1 is 1.07 bits per heavy atom. The highest BCUT2D eigenvalue weighted by Gasteiger charge is 2.43. The molecule has 6 heterocycles. The van der Waals surface area contributed by atoms with Crippen molar-refractivity contribution in [2.75, 3.05) is 19.7 Å². The summed E-state index contributed by atoms with van der Waals surface area (Å²) in [7, 11) is 0. The molecule has 2 aromatic carbocycles. The van der Waals surface area contributed by atoms with Gasteiger partial charge in [0, 0.05) is 24.5 Å². The number of carbonyl (C=O) groups is 1. The van der Waals surface area contributed by atoms with Crippen molar-refractivity contribution in [2.24, 2.45) is 0 Å². The first-order valence-electron chi connectivity index (χ1n) is 15.0. The van der Waals surface area contributed by atoms with Gasteiger partial charge in [-0.05, 0) is 74.7 Å². The van der Waals surface area contributed by atoms with Gasteiger partial charge in [-0.15, -0.1) is 0 Å². The highest BCUT2D eigenvalue weighted by Crippen LogP contribution is 2.50. The number of hydrogen-bond acceptors (Lipinski definition) is 8. The van der Waals surface area contributed by atoms with Crippen LogP contribution in [0.5, 0.6) is 11.5 Å². The molecule has 1 N–H and O–H groups in total. The Bertz CT molecular complexity index is 1910. The Kier molecular flexibility index (Phi) is 6.55. The minimum absolute atomic E-state index is 0.0165. The number of imidazole rings is 1. The summed E-state index contributed by atoms with van der Waals surface area (Å²) in [4.78, 5) is 23.3. The van der Waals surface area contributed by atoms with Gasteiger partial charge < -0.3 is 28.3 Å². The lowest BCUT2D eigenvalue weighted by molar-refractivity contribution is -0.0678. The Balaban J connectivity index is 1.01. The van der Waals surface area contributed by atoms with Gasteiger partial charge in [0.1, 0.15) is 16.9 Å². The zero-order valence-electron chi connectivity index (χ0n) is 24.2. The molecule has 0 radical (unpaired) electrons. The van der Waals surface area contributed by atoms with E-state index in [1.807, 2.05) is 41.8 Å². The summed E-state index contributed by atoms with van der Waals surface area (Å²) in [5.74, 6) is 0.602. The lowest BCUT2D eigenvalue weighted by Gasteiger charge is -2.33. The van der Waals surface area contributed by atoms with E-state index in [-0.39, 0.29) is 11.8 Å². The molecule has 226 valence electrons. The summed E-state index contributed by atoms with van der Waals surface area (Å²) in [6, 6.07) is 15.0. The van der Waals surface area contributed by atoms with Gasteiger partial charge in [0.25, 0.3) is 5.79 Å². The summed E-state index contributed by atoms with van der Waals surface area (Å²) in [5.41, 5.74) is 3.91. The first-order valence-corrected chi connectivity index (χ1v) is 15.3. The Hall–Kier alpha value is -4.12. The van der Waals surface area contributed by atoms with Crippen LogP contribution >= 0.6 is 11.6 Å². The summed E-state index contributed by atoms with van der Waals surface area (Å²) in [5, 5.41) is 10.9. The number of fused-ring (bicyclic) bond motifs is 3. The van der Waals surface area contributed by atoms with Crippen LogP contribution in [0.15, 0.2) is 59.2 Å². The molecule has 2 atom stereocenters. The van der Waals surface area contributed by atoms with Crippen LogP contribution < -0.4 is 9.47 Å². The van der Waals surface area contributed by atoms with Crippen molar-refractivity contribution < 1.29 is 28.5 Å². The normalized spacial score (nSPS) is 22.1. The van der Waals surface area contributed by atoms with Gasteiger partial charge in [0.2, 0.25) is 0 Å². The molecule has 0 amide bonds. The average molecular weight is 615 g/mol. The second-order valence-electron chi connectivity index (χ2n) is 11.9. The SMILES string of the molecule is CC1(c2ccc(Cl)c3ccoc23)Oc2cccc(C3CCN(Cc4nc5ccc(C(=O)O)nc5n4C[C@@H]4CCO4)CC3)c2O1. The molecule has 3 aromatic heterocycles. The molecule has 8 rings (SSSR count). The van der Waals surface area contributed by atoms with Crippen molar-refractivity contribution in [3.8, 4) is 11.5 Å². The number of carboxylic acid groups (broad SMARTS) is 1. The largest absolute Gasteiger partial charge is 0.477 e. The fourth-order valence-corrected chi connectivity index (χ4v) is 6.89. The molecule has 5 aromatic rings. The minimum Gasteiger partial charge on any atom is -0.477 e. The maximum atomic E-state index is 11.6. The number of aromatic carboxylic acids is 1. The highest BCUT2D eigenvalue weighted by molar-refractivity contribution is 6.35. The van der Waals surface area contributed by atoms with Crippen molar-refractivity contribution >= 4 is 39.7 Å². The van der Waals surface area contributed by atoms with Gasteiger partial charge >= 0.3 is 5.97 Å². The standard InChI is InChI=1S/C33H31ClN4O6/c1-33(23-5-6-24(34)22-12-16-42-29(22)23)43-27-4-2-3-21(30(27)44-33)19-9-13-37(14-10-19)18-28-35-25-7-8-26(32(39)40)36-31(25)38(28)17-20-11-15-41-20/h2-8,12,16,19-20H,9-11,13-15,17-18H2,1H3,(H,39,40)/t20-,33?/m0/s1. The van der Waals surface area contributed by atoms with Gasteiger partial charge in [-0.1, -0.05) is 23.7 Å². The van der Waals surface area contributed by atoms with Crippen LogP contribution in [0.3, 0.4) is 0 Å². The zero-order chi connectivity index (χ0) is 30.0. The second kappa shape index (κ2) is 10.5. The Morgan fingerprint density at radius 3 is 2.68 bits per heavy atom. The van der Waals surface area contributed by atoms with Crippen LogP contribution in [0.4, 0.5) is 0 Å². The van der Waals surface area contributed by atoms with Crippen molar-refractivity contribution in [1.82, 2.24) is 19.4 Å². The van der Waals surface area contributed by atoms with E-state index in [9.17, 15) is 9.90 Å². The fraction of sp³-hybridized carbons (Fsp3) is 0.364. The number of hydrogen-bond donors (Lipinski definition) is 1. The molecule has 0 aliphatic carbocycles. The molecule has 2 saturated heterocycles. The molecule has 44 heavy (non-hydrogen) atoms. The maximum Gasteiger partial charge on any atom is 0.354 e. The molecule has 0 bridgehead atoms. The van der Waals surface area contributed by atoms with E-state index in [0.29, 0.717) is 40.8 Å². The number of para-hydroxylation sites is 1. The van der Waals surface area contributed by atoms with E-state index >= 15 is 0 Å². The number of piperidine rings is 1.